The van der Waals surface area contributed by atoms with E-state index in [-0.39, 0.29) is 12.7 Å². The molecule has 0 saturated heterocycles. The third-order valence-electron chi connectivity index (χ3n) is 4.52. The van der Waals surface area contributed by atoms with Gasteiger partial charge in [0, 0.05) is 6.54 Å². The van der Waals surface area contributed by atoms with Gasteiger partial charge in [-0.1, -0.05) is 18.2 Å². The first-order chi connectivity index (χ1) is 12.0. The molecule has 5 heteroatoms. The average Bonchev–Trinajstić information content (AvgIpc) is 3.10. The summed E-state index contributed by atoms with van der Waals surface area (Å²) in [6.45, 7) is 4.63. The smallest absolute Gasteiger partial charge is 0.231 e. The van der Waals surface area contributed by atoms with Gasteiger partial charge in [0.05, 0.1) is 12.5 Å². The zero-order chi connectivity index (χ0) is 17.9. The highest BCUT2D eigenvalue weighted by atomic mass is 16.7. The maximum Gasteiger partial charge on any atom is 0.231 e. The van der Waals surface area contributed by atoms with Crippen molar-refractivity contribution in [2.75, 3.05) is 20.4 Å². The van der Waals surface area contributed by atoms with Crippen LogP contribution in [0.3, 0.4) is 0 Å². The van der Waals surface area contributed by atoms with Gasteiger partial charge in [0.25, 0.3) is 0 Å². The second kappa shape index (κ2) is 7.05. The molecular formula is C20H23NO4. The van der Waals surface area contributed by atoms with Crippen molar-refractivity contribution < 1.29 is 19.0 Å². The molecule has 0 unspecified atom stereocenters. The zero-order valence-electron chi connectivity index (χ0n) is 14.8. The van der Waals surface area contributed by atoms with Crippen molar-refractivity contribution in [3.8, 4) is 17.2 Å². The van der Waals surface area contributed by atoms with E-state index in [0.29, 0.717) is 12.3 Å². The van der Waals surface area contributed by atoms with Crippen molar-refractivity contribution in [2.45, 2.75) is 25.7 Å². The molecule has 0 aromatic heterocycles. The number of carbonyl (C=O) groups excluding carboxylic acids is 1. The number of fused-ring (bicyclic) bond motifs is 1. The molecule has 0 radical (unpaired) electrons. The topological polar surface area (TPSA) is 56.8 Å². The van der Waals surface area contributed by atoms with Crippen LogP contribution in [-0.4, -0.2) is 26.4 Å². The van der Waals surface area contributed by atoms with Gasteiger partial charge in [-0.05, 0) is 55.7 Å². The Balaban J connectivity index is 1.59. The summed E-state index contributed by atoms with van der Waals surface area (Å²) in [7, 11) is 1.65. The first kappa shape index (κ1) is 17.1. The van der Waals surface area contributed by atoms with E-state index in [4.69, 9.17) is 14.2 Å². The minimum atomic E-state index is -0.652. The van der Waals surface area contributed by atoms with Gasteiger partial charge < -0.3 is 19.5 Å². The van der Waals surface area contributed by atoms with Gasteiger partial charge in [0.15, 0.2) is 11.5 Å². The maximum absolute atomic E-state index is 12.7. The molecule has 1 aliphatic heterocycles. The summed E-state index contributed by atoms with van der Waals surface area (Å²) in [6, 6.07) is 13.5. The van der Waals surface area contributed by atoms with Crippen LogP contribution < -0.4 is 19.5 Å². The predicted molar refractivity (Wildman–Crippen MR) is 95.3 cm³/mol. The Labute approximate surface area is 147 Å². The lowest BCUT2D eigenvalue weighted by Gasteiger charge is -2.24. The molecular weight excluding hydrogens is 318 g/mol. The molecule has 25 heavy (non-hydrogen) atoms. The summed E-state index contributed by atoms with van der Waals surface area (Å²) in [5.41, 5.74) is 1.40. The number of rotatable bonds is 6. The highest BCUT2D eigenvalue weighted by Gasteiger charge is 2.31. The van der Waals surface area contributed by atoms with Gasteiger partial charge in [-0.3, -0.25) is 4.79 Å². The standard InChI is InChI=1S/C20H23NO4/c1-20(2,15-6-9-17-18(12-15)25-13-24-17)19(22)21-11-10-14-4-7-16(23-3)8-5-14/h4-9,12H,10-11,13H2,1-3H3,(H,21,22). The van der Waals surface area contributed by atoms with Crippen LogP contribution in [0.5, 0.6) is 17.2 Å². The van der Waals surface area contributed by atoms with Gasteiger partial charge in [-0.2, -0.15) is 0 Å². The van der Waals surface area contributed by atoms with Crippen LogP contribution in [0.25, 0.3) is 0 Å². The number of hydrogen-bond acceptors (Lipinski definition) is 4. The van der Waals surface area contributed by atoms with Crippen LogP contribution in [0.2, 0.25) is 0 Å². The van der Waals surface area contributed by atoms with Crippen molar-refractivity contribution >= 4 is 5.91 Å². The SMILES string of the molecule is COc1ccc(CCNC(=O)C(C)(C)c2ccc3c(c2)OCO3)cc1. The molecule has 1 N–H and O–H groups in total. The molecule has 0 aliphatic carbocycles. The van der Waals surface area contributed by atoms with E-state index in [1.165, 1.54) is 0 Å². The van der Waals surface area contributed by atoms with E-state index in [1.807, 2.05) is 56.3 Å². The summed E-state index contributed by atoms with van der Waals surface area (Å²) in [6.07, 6.45) is 0.771. The number of benzene rings is 2. The molecule has 1 heterocycles. The molecule has 1 aliphatic rings. The van der Waals surface area contributed by atoms with Crippen LogP contribution in [0.4, 0.5) is 0 Å². The fraction of sp³-hybridized carbons (Fsp3) is 0.350. The highest BCUT2D eigenvalue weighted by molar-refractivity contribution is 5.87. The second-order valence-corrected chi connectivity index (χ2v) is 6.55. The van der Waals surface area contributed by atoms with Gasteiger partial charge in [-0.25, -0.2) is 0 Å². The van der Waals surface area contributed by atoms with E-state index in [0.717, 1.165) is 29.0 Å². The van der Waals surface area contributed by atoms with E-state index in [1.54, 1.807) is 7.11 Å². The Hall–Kier alpha value is -2.69. The molecule has 1 amide bonds. The molecule has 0 bridgehead atoms. The summed E-state index contributed by atoms with van der Waals surface area (Å²) in [5, 5.41) is 3.02. The third kappa shape index (κ3) is 3.71. The number of hydrogen-bond donors (Lipinski definition) is 1. The Morgan fingerprint density at radius 1 is 1.12 bits per heavy atom. The molecule has 0 atom stereocenters. The molecule has 0 fully saturated rings. The Bertz CT molecular complexity index is 753. The predicted octanol–water partition coefficient (Wildman–Crippen LogP) is 3.06. The van der Waals surface area contributed by atoms with Crippen molar-refractivity contribution in [3.63, 3.8) is 0 Å². The van der Waals surface area contributed by atoms with Crippen LogP contribution in [-0.2, 0) is 16.6 Å². The third-order valence-corrected chi connectivity index (χ3v) is 4.52. The summed E-state index contributed by atoms with van der Waals surface area (Å²) in [4.78, 5) is 12.7. The second-order valence-electron chi connectivity index (χ2n) is 6.55. The average molecular weight is 341 g/mol. The summed E-state index contributed by atoms with van der Waals surface area (Å²) < 4.78 is 15.9. The molecule has 0 saturated carbocycles. The van der Waals surface area contributed by atoms with Gasteiger partial charge in [0.1, 0.15) is 5.75 Å². The van der Waals surface area contributed by atoms with E-state index in [9.17, 15) is 4.79 Å². The van der Waals surface area contributed by atoms with Crippen LogP contribution in [0.1, 0.15) is 25.0 Å². The highest BCUT2D eigenvalue weighted by Crippen LogP contribution is 2.36. The van der Waals surface area contributed by atoms with Crippen LogP contribution in [0.15, 0.2) is 42.5 Å². The minimum Gasteiger partial charge on any atom is -0.497 e. The van der Waals surface area contributed by atoms with Gasteiger partial charge in [-0.15, -0.1) is 0 Å². The molecule has 3 rings (SSSR count). The number of nitrogens with one attached hydrogen (secondary N) is 1. The Kier molecular flexibility index (Phi) is 4.83. The zero-order valence-corrected chi connectivity index (χ0v) is 14.8. The van der Waals surface area contributed by atoms with Crippen molar-refractivity contribution in [3.05, 3.63) is 53.6 Å². The molecule has 5 nitrogen and oxygen atoms in total. The first-order valence-electron chi connectivity index (χ1n) is 8.32. The molecule has 2 aromatic carbocycles. The quantitative estimate of drug-likeness (QED) is 0.877. The van der Waals surface area contributed by atoms with Crippen molar-refractivity contribution in [1.82, 2.24) is 5.32 Å². The summed E-state index contributed by atoms with van der Waals surface area (Å²) >= 11 is 0. The lowest BCUT2D eigenvalue weighted by molar-refractivity contribution is -0.125. The van der Waals surface area contributed by atoms with Crippen molar-refractivity contribution in [1.29, 1.82) is 0 Å². The fourth-order valence-corrected chi connectivity index (χ4v) is 2.75. The first-order valence-corrected chi connectivity index (χ1v) is 8.32. The monoisotopic (exact) mass is 341 g/mol. The van der Waals surface area contributed by atoms with Crippen LogP contribution >= 0.6 is 0 Å². The molecule has 2 aromatic rings. The number of methoxy groups -OCH3 is 1. The van der Waals surface area contributed by atoms with E-state index < -0.39 is 5.41 Å². The lowest BCUT2D eigenvalue weighted by Crippen LogP contribution is -2.40. The fourth-order valence-electron chi connectivity index (χ4n) is 2.75. The largest absolute Gasteiger partial charge is 0.497 e. The van der Waals surface area contributed by atoms with Crippen LogP contribution in [0, 0.1) is 0 Å². The summed E-state index contributed by atoms with van der Waals surface area (Å²) in [5.74, 6) is 2.23. The Morgan fingerprint density at radius 2 is 1.84 bits per heavy atom. The normalized spacial score (nSPS) is 12.8. The maximum atomic E-state index is 12.7. The number of carbonyl (C=O) groups is 1. The Morgan fingerprint density at radius 3 is 2.56 bits per heavy atom. The van der Waals surface area contributed by atoms with Crippen molar-refractivity contribution in [2.24, 2.45) is 0 Å². The number of ether oxygens (including phenoxy) is 3. The van der Waals surface area contributed by atoms with E-state index >= 15 is 0 Å². The molecule has 132 valence electrons. The minimum absolute atomic E-state index is 0.0140. The van der Waals surface area contributed by atoms with Gasteiger partial charge in [0.2, 0.25) is 12.7 Å². The van der Waals surface area contributed by atoms with Gasteiger partial charge >= 0.3 is 0 Å². The number of amides is 1. The lowest BCUT2D eigenvalue weighted by atomic mass is 9.83. The molecule has 0 spiro atoms. The van der Waals surface area contributed by atoms with E-state index in [2.05, 4.69) is 5.32 Å².